The van der Waals surface area contributed by atoms with Gasteiger partial charge in [-0.25, -0.2) is 8.42 Å². The largest absolute Gasteiger partial charge is 0.352 e. The molecule has 0 bridgehead atoms. The number of aryl methyl sites for hydroxylation is 1. The minimum atomic E-state index is -3.90. The summed E-state index contributed by atoms with van der Waals surface area (Å²) in [6, 6.07) is 10.6. The molecule has 0 unspecified atom stereocenters. The average Bonchev–Trinajstić information content (AvgIpc) is 3.31. The normalized spacial score (nSPS) is 15.3. The van der Waals surface area contributed by atoms with Gasteiger partial charge >= 0.3 is 0 Å². The summed E-state index contributed by atoms with van der Waals surface area (Å²) < 4.78 is 27.1. The fourth-order valence-corrected chi connectivity index (χ4v) is 5.72. The van der Waals surface area contributed by atoms with Gasteiger partial charge in [-0.2, -0.15) is 4.31 Å². The number of amides is 2. The van der Waals surface area contributed by atoms with Crippen molar-refractivity contribution < 1.29 is 18.0 Å². The van der Waals surface area contributed by atoms with Crippen molar-refractivity contribution in [1.82, 2.24) is 14.5 Å². The number of nitrogens with zero attached hydrogens (tertiary/aromatic N) is 2. The van der Waals surface area contributed by atoms with Gasteiger partial charge in [0.25, 0.3) is 0 Å². The molecule has 7 nitrogen and oxygen atoms in total. The molecule has 0 saturated heterocycles. The first-order chi connectivity index (χ1) is 16.5. The van der Waals surface area contributed by atoms with E-state index in [4.69, 9.17) is 23.2 Å². The van der Waals surface area contributed by atoms with E-state index in [1.165, 1.54) is 24.1 Å². The molecule has 2 aromatic rings. The van der Waals surface area contributed by atoms with Crippen LogP contribution in [0.15, 0.2) is 47.4 Å². The molecule has 2 aromatic carbocycles. The SMILES string of the molecule is Cc1ccc(S(=O)(=O)N(C)CC(=O)N(Cc2c(Cl)cccc2Cl)[C@H](C)C(=O)NC2CCCC2)cc1. The lowest BCUT2D eigenvalue weighted by molar-refractivity contribution is -0.140. The minimum Gasteiger partial charge on any atom is -0.352 e. The topological polar surface area (TPSA) is 86.8 Å². The second-order valence-electron chi connectivity index (χ2n) is 8.96. The molecule has 1 aliphatic carbocycles. The lowest BCUT2D eigenvalue weighted by Crippen LogP contribution is -2.52. The van der Waals surface area contributed by atoms with E-state index < -0.39 is 28.5 Å². The van der Waals surface area contributed by atoms with Gasteiger partial charge in [0, 0.05) is 35.2 Å². The molecule has 1 fully saturated rings. The minimum absolute atomic E-state index is 0.0327. The number of rotatable bonds is 9. The van der Waals surface area contributed by atoms with Crippen LogP contribution in [-0.2, 0) is 26.2 Å². The summed E-state index contributed by atoms with van der Waals surface area (Å²) in [5.41, 5.74) is 1.42. The van der Waals surface area contributed by atoms with E-state index in [0.29, 0.717) is 15.6 Å². The number of benzene rings is 2. The number of sulfonamides is 1. The molecule has 10 heteroatoms. The van der Waals surface area contributed by atoms with E-state index in [0.717, 1.165) is 35.6 Å². The van der Waals surface area contributed by atoms with Crippen molar-refractivity contribution >= 4 is 45.0 Å². The quantitative estimate of drug-likeness (QED) is 0.511. The zero-order chi connectivity index (χ0) is 25.8. The van der Waals surface area contributed by atoms with Gasteiger partial charge in [0.1, 0.15) is 6.04 Å². The maximum atomic E-state index is 13.4. The second kappa shape index (κ2) is 11.7. The van der Waals surface area contributed by atoms with Crippen LogP contribution in [0.25, 0.3) is 0 Å². The smallest absolute Gasteiger partial charge is 0.243 e. The molecule has 3 rings (SSSR count). The predicted molar refractivity (Wildman–Crippen MR) is 138 cm³/mol. The first-order valence-corrected chi connectivity index (χ1v) is 13.8. The monoisotopic (exact) mass is 539 g/mol. The molecule has 0 aromatic heterocycles. The van der Waals surface area contributed by atoms with Crippen LogP contribution in [0.4, 0.5) is 0 Å². The van der Waals surface area contributed by atoms with E-state index >= 15 is 0 Å². The molecule has 0 spiro atoms. The van der Waals surface area contributed by atoms with Crippen molar-refractivity contribution in [3.8, 4) is 0 Å². The molecular weight excluding hydrogens is 509 g/mol. The zero-order valence-corrected chi connectivity index (χ0v) is 22.5. The van der Waals surface area contributed by atoms with Gasteiger partial charge < -0.3 is 10.2 Å². The van der Waals surface area contributed by atoms with Gasteiger partial charge in [-0.1, -0.05) is 59.8 Å². The highest BCUT2D eigenvalue weighted by Crippen LogP contribution is 2.27. The van der Waals surface area contributed by atoms with Gasteiger partial charge in [0.15, 0.2) is 0 Å². The van der Waals surface area contributed by atoms with Gasteiger partial charge in [-0.3, -0.25) is 9.59 Å². The molecule has 35 heavy (non-hydrogen) atoms. The Morgan fingerprint density at radius 2 is 1.63 bits per heavy atom. The molecule has 1 atom stereocenters. The molecule has 1 saturated carbocycles. The van der Waals surface area contributed by atoms with Gasteiger partial charge in [-0.05, 0) is 51.0 Å². The highest BCUT2D eigenvalue weighted by Gasteiger charge is 2.32. The van der Waals surface area contributed by atoms with E-state index in [9.17, 15) is 18.0 Å². The first kappa shape index (κ1) is 27.5. The van der Waals surface area contributed by atoms with Crippen LogP contribution in [0.5, 0.6) is 0 Å². The fourth-order valence-electron chi connectivity index (χ4n) is 4.08. The third-order valence-corrected chi connectivity index (χ3v) is 8.87. The summed E-state index contributed by atoms with van der Waals surface area (Å²) in [4.78, 5) is 27.9. The van der Waals surface area contributed by atoms with Crippen LogP contribution in [0.1, 0.15) is 43.7 Å². The highest BCUT2D eigenvalue weighted by molar-refractivity contribution is 7.89. The Bertz CT molecular complexity index is 1150. The van der Waals surface area contributed by atoms with Gasteiger partial charge in [0.2, 0.25) is 21.8 Å². The predicted octanol–water partition coefficient (Wildman–Crippen LogP) is 4.40. The Labute approximate surface area is 217 Å². The van der Waals surface area contributed by atoms with Crippen molar-refractivity contribution in [1.29, 1.82) is 0 Å². The Kier molecular flexibility index (Phi) is 9.21. The van der Waals surface area contributed by atoms with Crippen LogP contribution in [-0.4, -0.2) is 55.1 Å². The molecule has 190 valence electrons. The summed E-state index contributed by atoms with van der Waals surface area (Å²) in [6.07, 6.45) is 3.91. The Balaban J connectivity index is 1.84. The zero-order valence-electron chi connectivity index (χ0n) is 20.1. The number of nitrogens with one attached hydrogen (secondary N) is 1. The molecule has 0 heterocycles. The Hall–Kier alpha value is -2.13. The molecule has 1 N–H and O–H groups in total. The molecule has 0 radical (unpaired) electrons. The number of carbonyl (C=O) groups excluding carboxylic acids is 2. The average molecular weight is 541 g/mol. The highest BCUT2D eigenvalue weighted by atomic mass is 35.5. The maximum Gasteiger partial charge on any atom is 0.243 e. The third kappa shape index (κ3) is 6.76. The summed E-state index contributed by atoms with van der Waals surface area (Å²) in [5.74, 6) is -0.828. The molecular formula is C25H31Cl2N3O4S. The van der Waals surface area contributed by atoms with Crippen LogP contribution in [0, 0.1) is 6.92 Å². The van der Waals surface area contributed by atoms with E-state index in [-0.39, 0.29) is 23.4 Å². The number of halogens is 2. The summed E-state index contributed by atoms with van der Waals surface area (Å²) in [6.45, 7) is 3.01. The van der Waals surface area contributed by atoms with Gasteiger partial charge in [-0.15, -0.1) is 0 Å². The van der Waals surface area contributed by atoms with Crippen LogP contribution in [0.2, 0.25) is 10.0 Å². The van der Waals surface area contributed by atoms with E-state index in [1.54, 1.807) is 37.3 Å². The number of likely N-dealkylation sites (N-methyl/N-ethyl adjacent to an activating group) is 1. The fraction of sp³-hybridized carbons (Fsp3) is 0.440. The number of hydrogen-bond acceptors (Lipinski definition) is 4. The molecule has 1 aliphatic rings. The first-order valence-electron chi connectivity index (χ1n) is 11.6. The molecule has 2 amide bonds. The van der Waals surface area contributed by atoms with E-state index in [2.05, 4.69) is 5.32 Å². The summed E-state index contributed by atoms with van der Waals surface area (Å²) in [7, 11) is -2.56. The van der Waals surface area contributed by atoms with Crippen molar-refractivity contribution in [2.75, 3.05) is 13.6 Å². The summed E-state index contributed by atoms with van der Waals surface area (Å²) >= 11 is 12.7. The molecule has 0 aliphatic heterocycles. The lowest BCUT2D eigenvalue weighted by atomic mass is 10.1. The Morgan fingerprint density at radius 1 is 1.06 bits per heavy atom. The van der Waals surface area contributed by atoms with Crippen LogP contribution in [0.3, 0.4) is 0 Å². The van der Waals surface area contributed by atoms with Crippen LogP contribution < -0.4 is 5.32 Å². The summed E-state index contributed by atoms with van der Waals surface area (Å²) in [5, 5.41) is 3.73. The maximum absolute atomic E-state index is 13.4. The van der Waals surface area contributed by atoms with Crippen molar-refractivity contribution in [3.63, 3.8) is 0 Å². The lowest BCUT2D eigenvalue weighted by Gasteiger charge is -2.31. The van der Waals surface area contributed by atoms with Gasteiger partial charge in [0.05, 0.1) is 11.4 Å². The van der Waals surface area contributed by atoms with Crippen LogP contribution >= 0.6 is 23.2 Å². The van der Waals surface area contributed by atoms with Crippen molar-refractivity contribution in [2.45, 2.75) is 63.1 Å². The second-order valence-corrected chi connectivity index (χ2v) is 11.8. The number of hydrogen-bond donors (Lipinski definition) is 1. The van der Waals surface area contributed by atoms with Crippen molar-refractivity contribution in [2.24, 2.45) is 0 Å². The standard InChI is InChI=1S/C25H31Cl2N3O4S/c1-17-11-13-20(14-12-17)35(33,34)29(3)16-24(31)30(15-21-22(26)9-6-10-23(21)27)18(2)25(32)28-19-7-4-5-8-19/h6,9-14,18-19H,4-5,7-8,15-16H2,1-3H3,(H,28,32)/t18-/m1/s1. The third-order valence-electron chi connectivity index (χ3n) is 6.35. The number of carbonyl (C=O) groups is 2. The van der Waals surface area contributed by atoms with E-state index in [1.807, 2.05) is 6.92 Å². The Morgan fingerprint density at radius 3 is 2.20 bits per heavy atom. The van der Waals surface area contributed by atoms with Crippen molar-refractivity contribution in [3.05, 3.63) is 63.6 Å².